The molecule has 0 aliphatic heterocycles. The zero-order valence-corrected chi connectivity index (χ0v) is 16.4. The van der Waals surface area contributed by atoms with Crippen molar-refractivity contribution in [3.63, 3.8) is 0 Å². The van der Waals surface area contributed by atoms with Gasteiger partial charge in [-0.3, -0.25) is 4.79 Å². The molecule has 0 aliphatic carbocycles. The van der Waals surface area contributed by atoms with Gasteiger partial charge >= 0.3 is 0 Å². The number of methoxy groups -OCH3 is 1. The first kappa shape index (κ1) is 19.0. The van der Waals surface area contributed by atoms with Gasteiger partial charge in [-0.1, -0.05) is 48.2 Å². The highest BCUT2D eigenvalue weighted by Gasteiger charge is 2.19. The maximum Gasteiger partial charge on any atom is 0.237 e. The second-order valence-corrected chi connectivity index (χ2v) is 7.39. The van der Waals surface area contributed by atoms with Gasteiger partial charge < -0.3 is 14.6 Å². The van der Waals surface area contributed by atoms with Crippen molar-refractivity contribution in [3.05, 3.63) is 66.0 Å². The molecule has 27 heavy (non-hydrogen) atoms. The minimum Gasteiger partial charge on any atom is -0.497 e. The number of hydrogen-bond acceptors (Lipinski definition) is 5. The fourth-order valence-electron chi connectivity index (χ4n) is 2.55. The van der Waals surface area contributed by atoms with E-state index >= 15 is 0 Å². The maximum atomic E-state index is 12.6. The number of aryl methyl sites for hydroxylation is 1. The van der Waals surface area contributed by atoms with Crippen LogP contribution in [0.3, 0.4) is 0 Å². The minimum absolute atomic E-state index is 0.0971. The molecule has 1 unspecified atom stereocenters. The summed E-state index contributed by atoms with van der Waals surface area (Å²) in [5.41, 5.74) is 1.87. The van der Waals surface area contributed by atoms with Crippen LogP contribution < -0.4 is 10.1 Å². The van der Waals surface area contributed by atoms with Gasteiger partial charge in [-0.05, 0) is 31.5 Å². The summed E-state index contributed by atoms with van der Waals surface area (Å²) in [5.74, 6) is 1.42. The first-order chi connectivity index (χ1) is 13.1. The Kier molecular flexibility index (Phi) is 6.13. The lowest BCUT2D eigenvalue weighted by Crippen LogP contribution is -2.23. The summed E-state index contributed by atoms with van der Waals surface area (Å²) < 4.78 is 7.21. The number of nitrogens with zero attached hydrogens (tertiary/aromatic N) is 3. The van der Waals surface area contributed by atoms with Crippen molar-refractivity contribution in [1.29, 1.82) is 0 Å². The number of nitrogens with one attached hydrogen (secondary N) is 1. The second-order valence-electron chi connectivity index (χ2n) is 6.08. The molecule has 2 aromatic carbocycles. The van der Waals surface area contributed by atoms with Crippen LogP contribution in [-0.2, 0) is 11.3 Å². The maximum absolute atomic E-state index is 12.6. The van der Waals surface area contributed by atoms with Crippen molar-refractivity contribution >= 4 is 23.4 Å². The third-order valence-electron chi connectivity index (χ3n) is 4.07. The zero-order chi connectivity index (χ0) is 19.2. The Morgan fingerprint density at radius 2 is 1.96 bits per heavy atom. The Hall–Kier alpha value is -2.80. The molecule has 0 saturated carbocycles. The highest BCUT2D eigenvalue weighted by molar-refractivity contribution is 8.00. The van der Waals surface area contributed by atoms with Crippen LogP contribution in [-0.4, -0.2) is 33.0 Å². The normalized spacial score (nSPS) is 11.8. The Morgan fingerprint density at radius 3 is 2.70 bits per heavy atom. The second kappa shape index (κ2) is 8.73. The first-order valence-electron chi connectivity index (χ1n) is 8.62. The average molecular weight is 382 g/mol. The van der Waals surface area contributed by atoms with Crippen LogP contribution in [0.1, 0.15) is 18.3 Å². The van der Waals surface area contributed by atoms with Crippen molar-refractivity contribution in [1.82, 2.24) is 14.8 Å². The molecule has 1 aromatic heterocycles. The lowest BCUT2D eigenvalue weighted by Gasteiger charge is -2.13. The molecule has 3 rings (SSSR count). The van der Waals surface area contributed by atoms with Gasteiger partial charge in [0.25, 0.3) is 0 Å². The predicted octanol–water partition coefficient (Wildman–Crippen LogP) is 3.76. The molecule has 1 amide bonds. The molecular weight excluding hydrogens is 360 g/mol. The van der Waals surface area contributed by atoms with Gasteiger partial charge in [0, 0.05) is 11.8 Å². The van der Waals surface area contributed by atoms with E-state index in [1.165, 1.54) is 11.8 Å². The quantitative estimate of drug-likeness (QED) is 0.630. The zero-order valence-electron chi connectivity index (χ0n) is 15.5. The molecule has 0 spiro atoms. The number of rotatable bonds is 7. The van der Waals surface area contributed by atoms with Crippen LogP contribution in [0.5, 0.6) is 5.75 Å². The van der Waals surface area contributed by atoms with E-state index in [9.17, 15) is 4.79 Å². The number of benzene rings is 2. The summed E-state index contributed by atoms with van der Waals surface area (Å²) in [7, 11) is 1.60. The van der Waals surface area contributed by atoms with Crippen molar-refractivity contribution in [2.75, 3.05) is 12.4 Å². The topological polar surface area (TPSA) is 69.0 Å². The van der Waals surface area contributed by atoms with E-state index in [1.54, 1.807) is 13.2 Å². The Labute approximate surface area is 163 Å². The van der Waals surface area contributed by atoms with Crippen LogP contribution in [0.2, 0.25) is 0 Å². The van der Waals surface area contributed by atoms with E-state index in [0.717, 1.165) is 16.5 Å². The number of anilines is 1. The fraction of sp³-hybridized carbons (Fsp3) is 0.250. The van der Waals surface area contributed by atoms with E-state index in [2.05, 4.69) is 27.6 Å². The molecule has 0 aliphatic rings. The van der Waals surface area contributed by atoms with Crippen LogP contribution in [0.4, 0.5) is 5.69 Å². The number of carbonyl (C=O) groups is 1. The van der Waals surface area contributed by atoms with Crippen LogP contribution in [0, 0.1) is 6.92 Å². The lowest BCUT2D eigenvalue weighted by molar-refractivity contribution is -0.115. The van der Waals surface area contributed by atoms with E-state index in [1.807, 2.05) is 54.8 Å². The van der Waals surface area contributed by atoms with Gasteiger partial charge in [0.1, 0.15) is 11.6 Å². The van der Waals surface area contributed by atoms with E-state index in [4.69, 9.17) is 4.74 Å². The molecule has 6 nitrogen and oxygen atoms in total. The van der Waals surface area contributed by atoms with Crippen LogP contribution >= 0.6 is 11.8 Å². The van der Waals surface area contributed by atoms with Crippen molar-refractivity contribution < 1.29 is 9.53 Å². The first-order valence-corrected chi connectivity index (χ1v) is 9.50. The Bertz CT molecular complexity index is 911. The molecule has 1 heterocycles. The van der Waals surface area contributed by atoms with Crippen LogP contribution in [0.25, 0.3) is 0 Å². The van der Waals surface area contributed by atoms with Gasteiger partial charge in [0.15, 0.2) is 5.16 Å². The number of amides is 1. The SMILES string of the molecule is COc1cccc(NC(=O)C(C)Sc2nnc(C)n2Cc2ccccc2)c1. The highest BCUT2D eigenvalue weighted by atomic mass is 32.2. The summed E-state index contributed by atoms with van der Waals surface area (Å²) in [4.78, 5) is 12.6. The van der Waals surface area contributed by atoms with Gasteiger partial charge in [-0.25, -0.2) is 0 Å². The minimum atomic E-state index is -0.325. The van der Waals surface area contributed by atoms with E-state index in [0.29, 0.717) is 18.0 Å². The largest absolute Gasteiger partial charge is 0.497 e. The van der Waals surface area contributed by atoms with Gasteiger partial charge in [-0.2, -0.15) is 0 Å². The van der Waals surface area contributed by atoms with Gasteiger partial charge in [-0.15, -0.1) is 10.2 Å². The molecule has 3 aromatic rings. The molecule has 140 valence electrons. The number of ether oxygens (including phenoxy) is 1. The number of aromatic nitrogens is 3. The molecule has 0 bridgehead atoms. The fourth-order valence-corrected chi connectivity index (χ4v) is 3.45. The summed E-state index contributed by atoms with van der Waals surface area (Å²) in [6.07, 6.45) is 0. The lowest BCUT2D eigenvalue weighted by atomic mass is 10.2. The van der Waals surface area contributed by atoms with Crippen molar-refractivity contribution in [3.8, 4) is 5.75 Å². The molecular formula is C20H22N4O2S. The molecule has 7 heteroatoms. The Balaban J connectivity index is 1.68. The molecule has 0 fully saturated rings. The molecule has 1 atom stereocenters. The number of carbonyl (C=O) groups excluding carboxylic acids is 1. The standard InChI is InChI=1S/C20H22N4O2S/c1-14(19(25)21-17-10-7-11-18(12-17)26-3)27-20-23-22-15(2)24(20)13-16-8-5-4-6-9-16/h4-12,14H,13H2,1-3H3,(H,21,25). The summed E-state index contributed by atoms with van der Waals surface area (Å²) in [6.45, 7) is 4.45. The van der Waals surface area contributed by atoms with Gasteiger partial charge in [0.2, 0.25) is 5.91 Å². The summed E-state index contributed by atoms with van der Waals surface area (Å²) in [6, 6.07) is 17.4. The third kappa shape index (κ3) is 4.89. The molecule has 0 saturated heterocycles. The van der Waals surface area contributed by atoms with E-state index < -0.39 is 0 Å². The molecule has 0 radical (unpaired) electrons. The summed E-state index contributed by atoms with van der Waals surface area (Å²) >= 11 is 1.39. The average Bonchev–Trinajstić information content (AvgIpc) is 3.02. The highest BCUT2D eigenvalue weighted by Crippen LogP contribution is 2.25. The Morgan fingerprint density at radius 1 is 1.19 bits per heavy atom. The monoisotopic (exact) mass is 382 g/mol. The van der Waals surface area contributed by atoms with Crippen molar-refractivity contribution in [2.45, 2.75) is 30.8 Å². The van der Waals surface area contributed by atoms with Crippen molar-refractivity contribution in [2.24, 2.45) is 0 Å². The third-order valence-corrected chi connectivity index (χ3v) is 5.15. The molecule has 1 N–H and O–H groups in total. The van der Waals surface area contributed by atoms with E-state index in [-0.39, 0.29) is 11.2 Å². The van der Waals surface area contributed by atoms with Crippen LogP contribution in [0.15, 0.2) is 59.8 Å². The number of thioether (sulfide) groups is 1. The number of hydrogen-bond donors (Lipinski definition) is 1. The predicted molar refractivity (Wildman–Crippen MR) is 107 cm³/mol. The smallest absolute Gasteiger partial charge is 0.237 e. The van der Waals surface area contributed by atoms with Gasteiger partial charge in [0.05, 0.1) is 18.9 Å². The summed E-state index contributed by atoms with van der Waals surface area (Å²) in [5, 5.41) is 11.7.